The Morgan fingerprint density at radius 2 is 1.91 bits per heavy atom. The highest BCUT2D eigenvalue weighted by molar-refractivity contribution is 5.64. The molecule has 0 spiro atoms. The minimum Gasteiger partial charge on any atom is -0.367 e. The van der Waals surface area contributed by atoms with Gasteiger partial charge >= 0.3 is 0 Å². The molecule has 1 saturated carbocycles. The van der Waals surface area contributed by atoms with Crippen LogP contribution in [0.4, 0.5) is 17.5 Å². The molecular formula is C19H26N4. The predicted octanol–water partition coefficient (Wildman–Crippen LogP) is 4.75. The Morgan fingerprint density at radius 3 is 2.65 bits per heavy atom. The molecule has 1 aliphatic carbocycles. The topological polar surface area (TPSA) is 49.8 Å². The molecule has 1 fully saturated rings. The second-order valence-electron chi connectivity index (χ2n) is 6.43. The van der Waals surface area contributed by atoms with Gasteiger partial charge in [-0.05, 0) is 44.2 Å². The van der Waals surface area contributed by atoms with E-state index in [4.69, 9.17) is 0 Å². The first-order chi connectivity index (χ1) is 11.2. The van der Waals surface area contributed by atoms with E-state index in [2.05, 4.69) is 52.6 Å². The Kier molecular flexibility index (Phi) is 4.79. The zero-order chi connectivity index (χ0) is 16.2. The Balaban J connectivity index is 1.84. The summed E-state index contributed by atoms with van der Waals surface area (Å²) in [6.45, 7) is 6.31. The van der Waals surface area contributed by atoms with Crippen LogP contribution in [0.25, 0.3) is 0 Å². The van der Waals surface area contributed by atoms with Gasteiger partial charge in [0.25, 0.3) is 0 Å². The van der Waals surface area contributed by atoms with Gasteiger partial charge in [0.15, 0.2) is 0 Å². The summed E-state index contributed by atoms with van der Waals surface area (Å²) in [7, 11) is 0. The maximum atomic E-state index is 4.68. The smallest absolute Gasteiger partial charge is 0.229 e. The highest BCUT2D eigenvalue weighted by atomic mass is 15.2. The summed E-state index contributed by atoms with van der Waals surface area (Å²) in [5.74, 6) is 1.60. The summed E-state index contributed by atoms with van der Waals surface area (Å²) in [5.41, 5.74) is 4.63. The van der Waals surface area contributed by atoms with E-state index in [-0.39, 0.29) is 0 Å². The van der Waals surface area contributed by atoms with Crippen molar-refractivity contribution in [2.75, 3.05) is 10.6 Å². The average Bonchev–Trinajstić information content (AvgIpc) is 3.01. The molecule has 0 bridgehead atoms. The number of aryl methyl sites for hydroxylation is 3. The van der Waals surface area contributed by atoms with Crippen LogP contribution in [-0.4, -0.2) is 16.0 Å². The number of hydrogen-bond donors (Lipinski definition) is 2. The third-order valence-electron chi connectivity index (χ3n) is 4.54. The van der Waals surface area contributed by atoms with Gasteiger partial charge in [-0.15, -0.1) is 0 Å². The average molecular weight is 310 g/mol. The zero-order valence-electron chi connectivity index (χ0n) is 14.3. The largest absolute Gasteiger partial charge is 0.367 e. The Bertz CT molecular complexity index is 675. The van der Waals surface area contributed by atoms with Crippen LogP contribution < -0.4 is 10.6 Å². The van der Waals surface area contributed by atoms with Crippen LogP contribution in [0.1, 0.15) is 49.4 Å². The molecule has 0 amide bonds. The van der Waals surface area contributed by atoms with Gasteiger partial charge in [-0.1, -0.05) is 38.0 Å². The molecule has 1 aromatic carbocycles. The van der Waals surface area contributed by atoms with Gasteiger partial charge in [-0.25, -0.2) is 4.98 Å². The molecule has 23 heavy (non-hydrogen) atoms. The van der Waals surface area contributed by atoms with Crippen LogP contribution in [0.3, 0.4) is 0 Å². The fourth-order valence-electron chi connectivity index (χ4n) is 3.29. The highest BCUT2D eigenvalue weighted by Gasteiger charge is 2.16. The molecule has 0 aliphatic heterocycles. The quantitative estimate of drug-likeness (QED) is 0.836. The third kappa shape index (κ3) is 3.81. The van der Waals surface area contributed by atoms with Crippen molar-refractivity contribution in [3.8, 4) is 0 Å². The zero-order valence-corrected chi connectivity index (χ0v) is 14.3. The van der Waals surface area contributed by atoms with E-state index in [9.17, 15) is 0 Å². The first-order valence-corrected chi connectivity index (χ1v) is 8.63. The molecule has 1 aliphatic rings. The summed E-state index contributed by atoms with van der Waals surface area (Å²) in [5, 5.41) is 7.00. The van der Waals surface area contributed by atoms with Crippen molar-refractivity contribution < 1.29 is 0 Å². The van der Waals surface area contributed by atoms with E-state index in [1.807, 2.05) is 13.0 Å². The summed E-state index contributed by atoms with van der Waals surface area (Å²) >= 11 is 0. The van der Waals surface area contributed by atoms with Crippen LogP contribution in [-0.2, 0) is 6.42 Å². The first kappa shape index (κ1) is 15.8. The molecule has 0 unspecified atom stereocenters. The van der Waals surface area contributed by atoms with Crippen LogP contribution in [0, 0.1) is 13.8 Å². The molecular weight excluding hydrogens is 284 g/mol. The molecule has 4 nitrogen and oxygen atoms in total. The van der Waals surface area contributed by atoms with Gasteiger partial charge in [0.1, 0.15) is 5.82 Å². The molecule has 2 N–H and O–H groups in total. The van der Waals surface area contributed by atoms with Crippen molar-refractivity contribution in [1.82, 2.24) is 9.97 Å². The van der Waals surface area contributed by atoms with Crippen molar-refractivity contribution in [2.45, 2.75) is 58.9 Å². The Morgan fingerprint density at radius 1 is 1.13 bits per heavy atom. The van der Waals surface area contributed by atoms with Gasteiger partial charge in [0, 0.05) is 23.5 Å². The minimum atomic E-state index is 0.557. The summed E-state index contributed by atoms with van der Waals surface area (Å²) in [6, 6.07) is 8.96. The van der Waals surface area contributed by atoms with Crippen molar-refractivity contribution in [3.63, 3.8) is 0 Å². The molecule has 4 heteroatoms. The summed E-state index contributed by atoms with van der Waals surface area (Å²) < 4.78 is 0. The Hall–Kier alpha value is -2.10. The van der Waals surface area contributed by atoms with E-state index in [0.717, 1.165) is 23.6 Å². The van der Waals surface area contributed by atoms with Gasteiger partial charge in [0.2, 0.25) is 5.95 Å². The highest BCUT2D eigenvalue weighted by Crippen LogP contribution is 2.26. The number of aromatic nitrogens is 2. The third-order valence-corrected chi connectivity index (χ3v) is 4.54. The molecule has 122 valence electrons. The van der Waals surface area contributed by atoms with Crippen molar-refractivity contribution >= 4 is 17.5 Å². The van der Waals surface area contributed by atoms with E-state index in [1.54, 1.807) is 0 Å². The van der Waals surface area contributed by atoms with E-state index < -0.39 is 0 Å². The van der Waals surface area contributed by atoms with Crippen molar-refractivity contribution in [3.05, 3.63) is 41.1 Å². The van der Waals surface area contributed by atoms with Crippen LogP contribution in [0.2, 0.25) is 0 Å². The van der Waals surface area contributed by atoms with Crippen molar-refractivity contribution in [1.29, 1.82) is 0 Å². The van der Waals surface area contributed by atoms with Crippen LogP contribution in [0.15, 0.2) is 24.3 Å². The van der Waals surface area contributed by atoms with Gasteiger partial charge < -0.3 is 10.6 Å². The Labute approximate surface area is 138 Å². The lowest BCUT2D eigenvalue weighted by molar-refractivity contribution is 0.749. The van der Waals surface area contributed by atoms with Crippen LogP contribution >= 0.6 is 0 Å². The maximum Gasteiger partial charge on any atom is 0.229 e. The number of hydrogen-bond acceptors (Lipinski definition) is 4. The standard InChI is InChI=1S/C19H26N4/c1-4-15-9-7-8-13(2)18(15)23-19-20-14(3)12-17(22-19)21-16-10-5-6-11-16/h7-9,12,16H,4-6,10-11H2,1-3H3,(H2,20,21,22,23). The molecule has 1 heterocycles. The van der Waals surface area contributed by atoms with Gasteiger partial charge in [-0.2, -0.15) is 4.98 Å². The van der Waals surface area contributed by atoms with Gasteiger partial charge in [-0.3, -0.25) is 0 Å². The fraction of sp³-hybridized carbons (Fsp3) is 0.474. The fourth-order valence-corrected chi connectivity index (χ4v) is 3.29. The number of nitrogens with zero attached hydrogens (tertiary/aromatic N) is 2. The molecule has 0 saturated heterocycles. The van der Waals surface area contributed by atoms with Crippen molar-refractivity contribution in [2.24, 2.45) is 0 Å². The van der Waals surface area contributed by atoms with E-state index in [0.29, 0.717) is 12.0 Å². The number of nitrogens with one attached hydrogen (secondary N) is 2. The number of rotatable bonds is 5. The summed E-state index contributed by atoms with van der Waals surface area (Å²) in [6.07, 6.45) is 6.10. The molecule has 2 aromatic rings. The second-order valence-corrected chi connectivity index (χ2v) is 6.43. The lowest BCUT2D eigenvalue weighted by atomic mass is 10.1. The maximum absolute atomic E-state index is 4.68. The summed E-state index contributed by atoms with van der Waals surface area (Å²) in [4.78, 5) is 9.23. The molecule has 3 rings (SSSR count). The minimum absolute atomic E-state index is 0.557. The van der Waals surface area contributed by atoms with Gasteiger partial charge in [0.05, 0.1) is 0 Å². The molecule has 1 aromatic heterocycles. The van der Waals surface area contributed by atoms with E-state index in [1.165, 1.54) is 36.8 Å². The number of benzene rings is 1. The van der Waals surface area contributed by atoms with Crippen LogP contribution in [0.5, 0.6) is 0 Å². The monoisotopic (exact) mass is 310 g/mol. The first-order valence-electron chi connectivity index (χ1n) is 8.63. The molecule has 0 radical (unpaired) electrons. The molecule has 0 atom stereocenters. The van der Waals surface area contributed by atoms with E-state index >= 15 is 0 Å². The SMILES string of the molecule is CCc1cccc(C)c1Nc1nc(C)cc(NC2CCCC2)n1. The lowest BCUT2D eigenvalue weighted by Crippen LogP contribution is -2.16. The lowest BCUT2D eigenvalue weighted by Gasteiger charge is -2.16. The normalized spacial score (nSPS) is 14.9. The predicted molar refractivity (Wildman–Crippen MR) is 96.5 cm³/mol. The number of anilines is 3. The number of para-hydroxylation sites is 1. The second kappa shape index (κ2) is 6.99.